The van der Waals surface area contributed by atoms with Crippen LogP contribution in [-0.2, 0) is 13.6 Å². The Morgan fingerprint density at radius 1 is 1.43 bits per heavy atom. The molecule has 8 nitrogen and oxygen atoms in total. The van der Waals surface area contributed by atoms with E-state index in [1.54, 1.807) is 6.20 Å². The van der Waals surface area contributed by atoms with Gasteiger partial charge in [-0.15, -0.1) is 5.10 Å². The minimum Gasteiger partial charge on any atom is -0.409 e. The van der Waals surface area contributed by atoms with Crippen LogP contribution >= 0.6 is 0 Å². The van der Waals surface area contributed by atoms with Crippen molar-refractivity contribution < 1.29 is 5.21 Å². The lowest BCUT2D eigenvalue weighted by Gasteiger charge is -2.21. The number of aromatic nitrogens is 4. The molecule has 0 saturated carbocycles. The molecule has 0 aliphatic heterocycles. The van der Waals surface area contributed by atoms with Crippen molar-refractivity contribution >= 4 is 11.7 Å². The first-order valence-corrected chi connectivity index (χ1v) is 6.44. The van der Waals surface area contributed by atoms with Gasteiger partial charge in [-0.05, 0) is 19.4 Å². The van der Waals surface area contributed by atoms with E-state index in [1.165, 1.54) is 0 Å². The molecule has 2 aromatic rings. The maximum Gasteiger partial charge on any atom is 0.174 e. The average molecular weight is 289 g/mol. The second-order valence-corrected chi connectivity index (χ2v) is 4.90. The summed E-state index contributed by atoms with van der Waals surface area (Å²) in [5.74, 6) is 1.45. The highest BCUT2D eigenvalue weighted by molar-refractivity contribution is 6.02. The van der Waals surface area contributed by atoms with Crippen molar-refractivity contribution in [2.75, 3.05) is 11.9 Å². The Balaban J connectivity index is 2.43. The van der Waals surface area contributed by atoms with E-state index in [0.717, 1.165) is 17.1 Å². The number of amidine groups is 1. The van der Waals surface area contributed by atoms with E-state index in [1.807, 2.05) is 43.6 Å². The van der Waals surface area contributed by atoms with Crippen LogP contribution in [0.4, 0.5) is 5.82 Å². The van der Waals surface area contributed by atoms with Crippen LogP contribution in [0.15, 0.2) is 17.5 Å². The Morgan fingerprint density at radius 2 is 2.14 bits per heavy atom. The van der Waals surface area contributed by atoms with Crippen LogP contribution in [0.5, 0.6) is 0 Å². The van der Waals surface area contributed by atoms with Gasteiger partial charge in [-0.1, -0.05) is 5.16 Å². The third-order valence-corrected chi connectivity index (χ3v) is 3.46. The van der Waals surface area contributed by atoms with Crippen LogP contribution in [0, 0.1) is 13.8 Å². The molecule has 0 amide bonds. The Kier molecular flexibility index (Phi) is 4.06. The van der Waals surface area contributed by atoms with Gasteiger partial charge in [0.15, 0.2) is 11.7 Å². The van der Waals surface area contributed by atoms with E-state index in [4.69, 9.17) is 10.9 Å². The highest BCUT2D eigenvalue weighted by atomic mass is 16.4. The van der Waals surface area contributed by atoms with Crippen molar-refractivity contribution in [3.8, 4) is 0 Å². The van der Waals surface area contributed by atoms with Gasteiger partial charge < -0.3 is 20.4 Å². The molecule has 8 heteroatoms. The molecule has 21 heavy (non-hydrogen) atoms. The van der Waals surface area contributed by atoms with Crippen LogP contribution in [-0.4, -0.2) is 37.8 Å². The summed E-state index contributed by atoms with van der Waals surface area (Å²) in [7, 11) is 3.79. The maximum absolute atomic E-state index is 8.99. The third kappa shape index (κ3) is 2.78. The number of rotatable bonds is 4. The summed E-state index contributed by atoms with van der Waals surface area (Å²) in [4.78, 5) is 6.15. The van der Waals surface area contributed by atoms with Gasteiger partial charge in [0.05, 0.1) is 17.8 Å². The normalized spacial score (nSPS) is 11.7. The Hall–Kier alpha value is -2.64. The zero-order valence-electron chi connectivity index (χ0n) is 12.6. The van der Waals surface area contributed by atoms with Crippen LogP contribution < -0.4 is 10.6 Å². The second-order valence-electron chi connectivity index (χ2n) is 4.90. The van der Waals surface area contributed by atoms with E-state index < -0.39 is 0 Å². The minimum atomic E-state index is 0.0205. The molecule has 112 valence electrons. The molecule has 2 aromatic heterocycles. The summed E-state index contributed by atoms with van der Waals surface area (Å²) >= 11 is 0. The van der Waals surface area contributed by atoms with Crippen molar-refractivity contribution in [2.24, 2.45) is 17.9 Å². The van der Waals surface area contributed by atoms with Crippen molar-refractivity contribution in [2.45, 2.75) is 20.4 Å². The van der Waals surface area contributed by atoms with E-state index in [9.17, 15) is 0 Å². The molecule has 3 N–H and O–H groups in total. The standard InChI is InChI=1S/C13H19N7O/c1-8-9(2)16-17-13(11(8)12(14)18-21)20(4)7-10-15-5-6-19(10)3/h5-6,21H,7H2,1-4H3,(H2,14,18). The van der Waals surface area contributed by atoms with Gasteiger partial charge in [-0.3, -0.25) is 0 Å². The number of nitrogens with two attached hydrogens (primary N) is 1. The predicted octanol–water partition coefficient (Wildman–Crippen LogP) is 0.558. The lowest BCUT2D eigenvalue weighted by molar-refractivity contribution is 0.318. The zero-order valence-corrected chi connectivity index (χ0v) is 12.6. The fourth-order valence-corrected chi connectivity index (χ4v) is 2.06. The monoisotopic (exact) mass is 289 g/mol. The molecule has 0 spiro atoms. The number of anilines is 1. The number of hydrogen-bond donors (Lipinski definition) is 2. The summed E-state index contributed by atoms with van der Waals surface area (Å²) < 4.78 is 1.92. The number of aryl methyl sites for hydroxylation is 2. The van der Waals surface area contributed by atoms with Gasteiger partial charge in [-0.2, -0.15) is 5.10 Å². The third-order valence-electron chi connectivity index (χ3n) is 3.46. The number of hydrogen-bond acceptors (Lipinski definition) is 6. The predicted molar refractivity (Wildman–Crippen MR) is 79.3 cm³/mol. The number of imidazole rings is 1. The van der Waals surface area contributed by atoms with Crippen LogP contribution in [0.3, 0.4) is 0 Å². The molecule has 0 saturated heterocycles. The highest BCUT2D eigenvalue weighted by Crippen LogP contribution is 2.22. The van der Waals surface area contributed by atoms with Gasteiger partial charge in [0.25, 0.3) is 0 Å². The molecule has 2 heterocycles. The van der Waals surface area contributed by atoms with E-state index in [-0.39, 0.29) is 5.84 Å². The molecular formula is C13H19N7O. The molecule has 0 unspecified atom stereocenters. The first-order chi connectivity index (χ1) is 9.95. The van der Waals surface area contributed by atoms with Gasteiger partial charge in [0.2, 0.25) is 0 Å². The van der Waals surface area contributed by atoms with Gasteiger partial charge in [0, 0.05) is 26.5 Å². The molecule has 0 aliphatic carbocycles. The first-order valence-electron chi connectivity index (χ1n) is 6.44. The second kappa shape index (κ2) is 5.78. The summed E-state index contributed by atoms with van der Waals surface area (Å²) in [5.41, 5.74) is 7.95. The van der Waals surface area contributed by atoms with Crippen molar-refractivity contribution in [3.05, 3.63) is 35.0 Å². The van der Waals surface area contributed by atoms with Crippen LogP contribution in [0.1, 0.15) is 22.6 Å². The average Bonchev–Trinajstić information content (AvgIpc) is 2.86. The molecule has 0 atom stereocenters. The Labute approximate surface area is 122 Å². The molecular weight excluding hydrogens is 270 g/mol. The van der Waals surface area contributed by atoms with E-state index in [2.05, 4.69) is 20.3 Å². The fourth-order valence-electron chi connectivity index (χ4n) is 2.06. The van der Waals surface area contributed by atoms with Crippen molar-refractivity contribution in [1.29, 1.82) is 0 Å². The van der Waals surface area contributed by atoms with E-state index in [0.29, 0.717) is 17.9 Å². The first kappa shape index (κ1) is 14.8. The van der Waals surface area contributed by atoms with Crippen LogP contribution in [0.2, 0.25) is 0 Å². The molecule has 0 aromatic carbocycles. The Bertz CT molecular complexity index is 677. The quantitative estimate of drug-likeness (QED) is 0.369. The summed E-state index contributed by atoms with van der Waals surface area (Å²) in [6.07, 6.45) is 3.61. The molecule has 0 bridgehead atoms. The minimum absolute atomic E-state index is 0.0205. The summed E-state index contributed by atoms with van der Waals surface area (Å²) in [6, 6.07) is 0. The zero-order chi connectivity index (χ0) is 15.6. The summed E-state index contributed by atoms with van der Waals surface area (Å²) in [5, 5.41) is 20.4. The Morgan fingerprint density at radius 3 is 2.71 bits per heavy atom. The van der Waals surface area contributed by atoms with Gasteiger partial charge in [0.1, 0.15) is 5.82 Å². The lowest BCUT2D eigenvalue weighted by Crippen LogP contribution is -2.27. The number of nitrogens with zero attached hydrogens (tertiary/aromatic N) is 6. The summed E-state index contributed by atoms with van der Waals surface area (Å²) in [6.45, 7) is 4.24. The largest absolute Gasteiger partial charge is 0.409 e. The SMILES string of the molecule is Cc1nnc(N(C)Cc2nccn2C)c(C(N)=NO)c1C. The van der Waals surface area contributed by atoms with Crippen molar-refractivity contribution in [1.82, 2.24) is 19.7 Å². The van der Waals surface area contributed by atoms with E-state index >= 15 is 0 Å². The van der Waals surface area contributed by atoms with Gasteiger partial charge >= 0.3 is 0 Å². The van der Waals surface area contributed by atoms with Crippen molar-refractivity contribution in [3.63, 3.8) is 0 Å². The fraction of sp³-hybridized carbons (Fsp3) is 0.385. The smallest absolute Gasteiger partial charge is 0.174 e. The highest BCUT2D eigenvalue weighted by Gasteiger charge is 2.19. The molecule has 0 radical (unpaired) electrons. The molecule has 2 rings (SSSR count). The lowest BCUT2D eigenvalue weighted by atomic mass is 10.1. The number of oxime groups is 1. The topological polar surface area (TPSA) is 105 Å². The van der Waals surface area contributed by atoms with Gasteiger partial charge in [-0.25, -0.2) is 4.98 Å². The molecule has 0 aliphatic rings. The molecule has 0 fully saturated rings. The maximum atomic E-state index is 8.99. The van der Waals surface area contributed by atoms with Crippen LogP contribution in [0.25, 0.3) is 0 Å².